The topological polar surface area (TPSA) is 77.2 Å². The van der Waals surface area contributed by atoms with Crippen molar-refractivity contribution in [1.29, 1.82) is 0 Å². The Morgan fingerprint density at radius 1 is 1.11 bits per heavy atom. The van der Waals surface area contributed by atoms with E-state index in [0.29, 0.717) is 19.0 Å². The van der Waals surface area contributed by atoms with Crippen LogP contribution in [0.25, 0.3) is 10.9 Å². The van der Waals surface area contributed by atoms with E-state index in [-0.39, 0.29) is 17.7 Å². The number of benzene rings is 2. The maximum atomic E-state index is 13.3. The molecule has 180 valence electrons. The second-order valence-corrected chi connectivity index (χ2v) is 9.41. The van der Waals surface area contributed by atoms with Gasteiger partial charge in [-0.25, -0.2) is 9.97 Å². The van der Waals surface area contributed by atoms with Gasteiger partial charge in [0.1, 0.15) is 0 Å². The van der Waals surface area contributed by atoms with Crippen molar-refractivity contribution in [1.82, 2.24) is 20.3 Å². The third-order valence-corrected chi connectivity index (χ3v) is 6.92. The van der Waals surface area contributed by atoms with Crippen LogP contribution in [0.1, 0.15) is 29.9 Å². The number of aromatic nitrogens is 3. The Labute approximate surface area is 206 Å². The zero-order chi connectivity index (χ0) is 24.2. The third-order valence-electron chi connectivity index (χ3n) is 6.92. The SMILES string of the molecule is CN(C)c1ccc(C(CNC(=O)C2CCCN(c3ncccn3)C2)c2c[nH]c3ccccc23)cc1. The van der Waals surface area contributed by atoms with Crippen molar-refractivity contribution < 1.29 is 4.79 Å². The van der Waals surface area contributed by atoms with Crippen molar-refractivity contribution in [2.45, 2.75) is 18.8 Å². The first-order chi connectivity index (χ1) is 17.1. The molecule has 1 fully saturated rings. The molecular formula is C28H32N6O. The van der Waals surface area contributed by atoms with Gasteiger partial charge in [0, 0.05) is 74.8 Å². The largest absolute Gasteiger partial charge is 0.378 e. The van der Waals surface area contributed by atoms with Gasteiger partial charge < -0.3 is 20.1 Å². The number of amides is 1. The van der Waals surface area contributed by atoms with Crippen LogP contribution in [0.4, 0.5) is 11.6 Å². The van der Waals surface area contributed by atoms with Crippen molar-refractivity contribution in [3.05, 3.63) is 84.3 Å². The number of piperidine rings is 1. The van der Waals surface area contributed by atoms with E-state index in [0.717, 1.165) is 30.6 Å². The highest BCUT2D eigenvalue weighted by Crippen LogP contribution is 2.31. The predicted molar refractivity (Wildman–Crippen MR) is 141 cm³/mol. The van der Waals surface area contributed by atoms with E-state index in [2.05, 4.69) is 78.7 Å². The van der Waals surface area contributed by atoms with Crippen LogP contribution < -0.4 is 15.1 Å². The smallest absolute Gasteiger partial charge is 0.225 e. The standard InChI is InChI=1S/C28H32N6O/c1-33(2)22-12-10-20(11-13-22)24(25-18-31-26-9-4-3-8-23(25)26)17-32-27(35)21-7-5-16-34(19-21)28-29-14-6-15-30-28/h3-4,6,8-15,18,21,24,31H,5,7,16-17,19H2,1-2H3,(H,32,35). The Balaban J connectivity index is 1.35. The number of rotatable bonds is 7. The number of hydrogen-bond acceptors (Lipinski definition) is 5. The van der Waals surface area contributed by atoms with Gasteiger partial charge in [-0.1, -0.05) is 30.3 Å². The van der Waals surface area contributed by atoms with Crippen LogP contribution in [-0.4, -0.2) is 54.6 Å². The fourth-order valence-electron chi connectivity index (χ4n) is 4.97. The van der Waals surface area contributed by atoms with Gasteiger partial charge >= 0.3 is 0 Å². The number of carbonyl (C=O) groups is 1. The molecule has 0 spiro atoms. The second kappa shape index (κ2) is 10.2. The number of anilines is 2. The fraction of sp³-hybridized carbons (Fsp3) is 0.321. The van der Waals surface area contributed by atoms with Gasteiger partial charge in [0.05, 0.1) is 5.92 Å². The van der Waals surface area contributed by atoms with Crippen LogP contribution in [-0.2, 0) is 4.79 Å². The van der Waals surface area contributed by atoms with Crippen molar-refractivity contribution in [2.24, 2.45) is 5.92 Å². The van der Waals surface area contributed by atoms with Crippen molar-refractivity contribution >= 4 is 28.4 Å². The summed E-state index contributed by atoms with van der Waals surface area (Å²) < 4.78 is 0. The Morgan fingerprint density at radius 2 is 1.89 bits per heavy atom. The number of hydrogen-bond donors (Lipinski definition) is 2. The summed E-state index contributed by atoms with van der Waals surface area (Å²) in [5.41, 5.74) is 4.64. The first-order valence-electron chi connectivity index (χ1n) is 12.2. The fourth-order valence-corrected chi connectivity index (χ4v) is 4.97. The van der Waals surface area contributed by atoms with Gasteiger partial charge in [0.2, 0.25) is 11.9 Å². The number of carbonyl (C=O) groups excluding carboxylic acids is 1. The predicted octanol–water partition coefficient (Wildman–Crippen LogP) is 4.19. The molecule has 1 saturated heterocycles. The van der Waals surface area contributed by atoms with E-state index in [1.165, 1.54) is 16.5 Å². The first-order valence-corrected chi connectivity index (χ1v) is 12.2. The molecule has 1 aliphatic rings. The normalized spacial score (nSPS) is 16.7. The molecule has 35 heavy (non-hydrogen) atoms. The van der Waals surface area contributed by atoms with E-state index in [1.807, 2.05) is 26.2 Å². The number of H-pyrrole nitrogens is 1. The van der Waals surface area contributed by atoms with Crippen LogP contribution in [0.15, 0.2) is 73.2 Å². The van der Waals surface area contributed by atoms with Gasteiger partial charge in [0.25, 0.3) is 0 Å². The maximum absolute atomic E-state index is 13.3. The Hall–Kier alpha value is -3.87. The van der Waals surface area contributed by atoms with E-state index in [4.69, 9.17) is 0 Å². The molecule has 7 heteroatoms. The lowest BCUT2D eigenvalue weighted by molar-refractivity contribution is -0.125. The molecule has 1 aliphatic heterocycles. The summed E-state index contributed by atoms with van der Waals surface area (Å²) in [5.74, 6) is 0.763. The highest BCUT2D eigenvalue weighted by molar-refractivity contribution is 5.84. The Kier molecular flexibility index (Phi) is 6.66. The van der Waals surface area contributed by atoms with Crippen LogP contribution in [0, 0.1) is 5.92 Å². The molecule has 1 amide bonds. The number of para-hydroxylation sites is 1. The van der Waals surface area contributed by atoms with Crippen molar-refractivity contribution in [3.8, 4) is 0 Å². The summed E-state index contributed by atoms with van der Waals surface area (Å²) in [7, 11) is 4.08. The summed E-state index contributed by atoms with van der Waals surface area (Å²) in [6, 6.07) is 18.8. The zero-order valence-corrected chi connectivity index (χ0v) is 20.3. The summed E-state index contributed by atoms with van der Waals surface area (Å²) >= 11 is 0. The lowest BCUT2D eigenvalue weighted by Gasteiger charge is -2.32. The van der Waals surface area contributed by atoms with Crippen LogP contribution in [0.3, 0.4) is 0 Å². The highest BCUT2D eigenvalue weighted by atomic mass is 16.1. The van der Waals surface area contributed by atoms with E-state index in [9.17, 15) is 4.79 Å². The average molecular weight is 469 g/mol. The first kappa shape index (κ1) is 22.9. The molecule has 7 nitrogen and oxygen atoms in total. The minimum Gasteiger partial charge on any atom is -0.378 e. The van der Waals surface area contributed by atoms with E-state index < -0.39 is 0 Å². The van der Waals surface area contributed by atoms with Gasteiger partial charge in [-0.3, -0.25) is 4.79 Å². The molecule has 0 saturated carbocycles. The number of nitrogens with zero attached hydrogens (tertiary/aromatic N) is 4. The summed E-state index contributed by atoms with van der Waals surface area (Å²) in [6.45, 7) is 2.06. The van der Waals surface area contributed by atoms with Gasteiger partial charge in [0.15, 0.2) is 0 Å². The highest BCUT2D eigenvalue weighted by Gasteiger charge is 2.28. The molecule has 0 radical (unpaired) electrons. The molecular weight excluding hydrogens is 436 g/mol. The molecule has 5 rings (SSSR count). The number of aromatic amines is 1. The molecule has 4 aromatic rings. The molecule has 2 N–H and O–H groups in total. The number of fused-ring (bicyclic) bond motifs is 1. The zero-order valence-electron chi connectivity index (χ0n) is 20.3. The Morgan fingerprint density at radius 3 is 2.66 bits per heavy atom. The molecule has 2 unspecified atom stereocenters. The molecule has 2 aromatic carbocycles. The van der Waals surface area contributed by atoms with Gasteiger partial charge in [-0.2, -0.15) is 0 Å². The molecule has 3 heterocycles. The molecule has 0 aliphatic carbocycles. The average Bonchev–Trinajstić information content (AvgIpc) is 3.33. The van der Waals surface area contributed by atoms with Gasteiger partial charge in [-0.05, 0) is 48.2 Å². The quantitative estimate of drug-likeness (QED) is 0.425. The molecule has 0 bridgehead atoms. The Bertz CT molecular complexity index is 1270. The minimum absolute atomic E-state index is 0.0449. The minimum atomic E-state index is -0.0766. The monoisotopic (exact) mass is 468 g/mol. The maximum Gasteiger partial charge on any atom is 0.225 e. The molecule has 2 atom stereocenters. The van der Waals surface area contributed by atoms with Crippen molar-refractivity contribution in [3.63, 3.8) is 0 Å². The van der Waals surface area contributed by atoms with Crippen LogP contribution >= 0.6 is 0 Å². The van der Waals surface area contributed by atoms with E-state index in [1.54, 1.807) is 12.4 Å². The van der Waals surface area contributed by atoms with Gasteiger partial charge in [-0.15, -0.1) is 0 Å². The van der Waals surface area contributed by atoms with Crippen LogP contribution in [0.5, 0.6) is 0 Å². The lowest BCUT2D eigenvalue weighted by Crippen LogP contribution is -2.44. The summed E-state index contributed by atoms with van der Waals surface area (Å²) in [5, 5.41) is 4.47. The number of nitrogens with one attached hydrogen (secondary N) is 2. The van der Waals surface area contributed by atoms with E-state index >= 15 is 0 Å². The second-order valence-electron chi connectivity index (χ2n) is 9.41. The summed E-state index contributed by atoms with van der Waals surface area (Å²) in [6.07, 6.45) is 7.41. The third kappa shape index (κ3) is 4.99. The molecule has 2 aromatic heterocycles. The lowest BCUT2D eigenvalue weighted by atomic mass is 9.90. The van der Waals surface area contributed by atoms with Crippen molar-refractivity contribution in [2.75, 3.05) is 43.5 Å². The van der Waals surface area contributed by atoms with Crippen LogP contribution in [0.2, 0.25) is 0 Å². The summed E-state index contributed by atoms with van der Waals surface area (Å²) in [4.78, 5) is 29.6.